The number of aromatic nitrogens is 1. The molecule has 2 nitrogen and oxygen atoms in total. The molecule has 0 radical (unpaired) electrons. The van der Waals surface area contributed by atoms with Gasteiger partial charge in [-0.15, -0.1) is 11.3 Å². The second-order valence-electron chi connectivity index (χ2n) is 2.77. The van der Waals surface area contributed by atoms with Crippen LogP contribution in [0, 0.1) is 0 Å². The molecule has 1 aromatic rings. The Morgan fingerprint density at radius 1 is 1.55 bits per heavy atom. The average molecular weight is 169 g/mol. The Morgan fingerprint density at radius 3 is 3.18 bits per heavy atom. The van der Waals surface area contributed by atoms with E-state index in [1.54, 1.807) is 11.3 Å². The van der Waals surface area contributed by atoms with E-state index in [4.69, 9.17) is 4.74 Å². The second kappa shape index (κ2) is 3.32. The molecule has 0 aliphatic carbocycles. The van der Waals surface area contributed by atoms with Gasteiger partial charge in [0, 0.05) is 12.0 Å². The SMILES string of the molecule is c1nc(C2CCCCO2)cs1. The summed E-state index contributed by atoms with van der Waals surface area (Å²) in [5, 5.41) is 2.08. The van der Waals surface area contributed by atoms with Gasteiger partial charge in [-0.3, -0.25) is 0 Å². The summed E-state index contributed by atoms with van der Waals surface area (Å²) in [5.74, 6) is 0. The van der Waals surface area contributed by atoms with Crippen molar-refractivity contribution in [2.24, 2.45) is 0 Å². The van der Waals surface area contributed by atoms with Gasteiger partial charge in [-0.2, -0.15) is 0 Å². The third-order valence-electron chi connectivity index (χ3n) is 1.96. The molecule has 2 heterocycles. The van der Waals surface area contributed by atoms with Gasteiger partial charge in [0.2, 0.25) is 0 Å². The zero-order valence-electron chi connectivity index (χ0n) is 6.32. The van der Waals surface area contributed by atoms with Gasteiger partial charge in [0.1, 0.15) is 6.10 Å². The quantitative estimate of drug-likeness (QED) is 0.644. The molecule has 0 spiro atoms. The van der Waals surface area contributed by atoms with Gasteiger partial charge >= 0.3 is 0 Å². The average Bonchev–Trinajstić information content (AvgIpc) is 2.58. The molecule has 0 aromatic carbocycles. The highest BCUT2D eigenvalue weighted by Gasteiger charge is 2.16. The fourth-order valence-electron chi connectivity index (χ4n) is 1.35. The van der Waals surface area contributed by atoms with E-state index in [0.717, 1.165) is 18.7 Å². The van der Waals surface area contributed by atoms with Crippen molar-refractivity contribution in [1.82, 2.24) is 4.98 Å². The van der Waals surface area contributed by atoms with Gasteiger partial charge in [-0.1, -0.05) is 0 Å². The van der Waals surface area contributed by atoms with Crippen molar-refractivity contribution in [2.75, 3.05) is 6.61 Å². The maximum Gasteiger partial charge on any atom is 0.100 e. The van der Waals surface area contributed by atoms with Crippen molar-refractivity contribution in [3.8, 4) is 0 Å². The van der Waals surface area contributed by atoms with Gasteiger partial charge in [0.15, 0.2) is 0 Å². The van der Waals surface area contributed by atoms with E-state index in [2.05, 4.69) is 10.4 Å². The first kappa shape index (κ1) is 7.25. The third-order valence-corrected chi connectivity index (χ3v) is 2.57. The summed E-state index contributed by atoms with van der Waals surface area (Å²) in [4.78, 5) is 4.23. The van der Waals surface area contributed by atoms with Crippen molar-refractivity contribution in [3.63, 3.8) is 0 Å². The van der Waals surface area contributed by atoms with Crippen molar-refractivity contribution in [2.45, 2.75) is 25.4 Å². The maximum absolute atomic E-state index is 5.57. The summed E-state index contributed by atoms with van der Waals surface area (Å²) < 4.78 is 5.57. The van der Waals surface area contributed by atoms with Crippen LogP contribution in [0.3, 0.4) is 0 Å². The lowest BCUT2D eigenvalue weighted by Crippen LogP contribution is -2.11. The Bertz CT molecular complexity index is 204. The van der Waals surface area contributed by atoms with Crippen molar-refractivity contribution in [1.29, 1.82) is 0 Å². The van der Waals surface area contributed by atoms with Crippen LogP contribution in [0.15, 0.2) is 10.9 Å². The Morgan fingerprint density at radius 2 is 2.55 bits per heavy atom. The molecule has 1 unspecified atom stereocenters. The van der Waals surface area contributed by atoms with Crippen LogP contribution < -0.4 is 0 Å². The van der Waals surface area contributed by atoms with Crippen LogP contribution in [-0.2, 0) is 4.74 Å². The number of thiazole rings is 1. The lowest BCUT2D eigenvalue weighted by Gasteiger charge is -2.20. The summed E-state index contributed by atoms with van der Waals surface area (Å²) in [7, 11) is 0. The van der Waals surface area contributed by atoms with Crippen molar-refractivity contribution >= 4 is 11.3 Å². The molecule has 1 aliphatic rings. The van der Waals surface area contributed by atoms with E-state index in [9.17, 15) is 0 Å². The first-order valence-electron chi connectivity index (χ1n) is 3.96. The van der Waals surface area contributed by atoms with Gasteiger partial charge in [-0.25, -0.2) is 4.98 Å². The van der Waals surface area contributed by atoms with E-state index >= 15 is 0 Å². The van der Waals surface area contributed by atoms with Crippen molar-refractivity contribution in [3.05, 3.63) is 16.6 Å². The number of hydrogen-bond donors (Lipinski definition) is 0. The molecule has 0 bridgehead atoms. The third kappa shape index (κ3) is 1.60. The molecule has 1 aliphatic heterocycles. The minimum Gasteiger partial charge on any atom is -0.372 e. The molecule has 0 N–H and O–H groups in total. The van der Waals surface area contributed by atoms with Gasteiger partial charge < -0.3 is 4.74 Å². The van der Waals surface area contributed by atoms with Crippen LogP contribution in [0.2, 0.25) is 0 Å². The lowest BCUT2D eigenvalue weighted by molar-refractivity contribution is 0.0127. The molecule has 11 heavy (non-hydrogen) atoms. The first-order valence-corrected chi connectivity index (χ1v) is 4.91. The Balaban J connectivity index is 2.04. The number of rotatable bonds is 1. The van der Waals surface area contributed by atoms with Gasteiger partial charge in [0.25, 0.3) is 0 Å². The fraction of sp³-hybridized carbons (Fsp3) is 0.625. The van der Waals surface area contributed by atoms with Crippen LogP contribution >= 0.6 is 11.3 Å². The van der Waals surface area contributed by atoms with Gasteiger partial charge in [-0.05, 0) is 19.3 Å². The molecular formula is C8H11NOS. The molecular weight excluding hydrogens is 158 g/mol. The van der Waals surface area contributed by atoms with E-state index in [1.807, 2.05) is 5.51 Å². The number of nitrogens with zero attached hydrogens (tertiary/aromatic N) is 1. The highest BCUT2D eigenvalue weighted by Crippen LogP contribution is 2.26. The fourth-order valence-corrected chi connectivity index (χ4v) is 1.95. The Hall–Kier alpha value is -0.410. The molecule has 1 fully saturated rings. The highest BCUT2D eigenvalue weighted by molar-refractivity contribution is 7.07. The molecule has 3 heteroatoms. The Labute approximate surface area is 70.2 Å². The number of hydrogen-bond acceptors (Lipinski definition) is 3. The van der Waals surface area contributed by atoms with Gasteiger partial charge in [0.05, 0.1) is 11.2 Å². The largest absolute Gasteiger partial charge is 0.372 e. The summed E-state index contributed by atoms with van der Waals surface area (Å²) in [6.45, 7) is 0.905. The van der Waals surface area contributed by atoms with Crippen LogP contribution in [0.5, 0.6) is 0 Å². The summed E-state index contributed by atoms with van der Waals surface area (Å²) in [6.07, 6.45) is 3.92. The molecule has 1 aromatic heterocycles. The zero-order chi connectivity index (χ0) is 7.52. The van der Waals surface area contributed by atoms with Crippen LogP contribution in [0.4, 0.5) is 0 Å². The highest BCUT2D eigenvalue weighted by atomic mass is 32.1. The summed E-state index contributed by atoms with van der Waals surface area (Å²) in [5.41, 5.74) is 2.99. The van der Waals surface area contributed by atoms with E-state index in [-0.39, 0.29) is 6.10 Å². The predicted molar refractivity (Wildman–Crippen MR) is 44.7 cm³/mol. The molecule has 0 amide bonds. The minimum atomic E-state index is 0.287. The van der Waals surface area contributed by atoms with Crippen LogP contribution in [-0.4, -0.2) is 11.6 Å². The Kier molecular flexibility index (Phi) is 2.19. The second-order valence-corrected chi connectivity index (χ2v) is 3.49. The van der Waals surface area contributed by atoms with E-state index < -0.39 is 0 Å². The normalized spacial score (nSPS) is 25.3. The molecule has 60 valence electrons. The molecule has 1 atom stereocenters. The molecule has 1 saturated heterocycles. The first-order chi connectivity index (χ1) is 5.47. The monoisotopic (exact) mass is 169 g/mol. The lowest BCUT2D eigenvalue weighted by atomic mass is 10.1. The smallest absolute Gasteiger partial charge is 0.100 e. The standard InChI is InChI=1S/C8H11NOS/c1-2-4-10-8(3-1)7-5-11-6-9-7/h5-6,8H,1-4H2. The summed E-state index contributed by atoms with van der Waals surface area (Å²) in [6, 6.07) is 0. The van der Waals surface area contributed by atoms with Crippen LogP contribution in [0.25, 0.3) is 0 Å². The topological polar surface area (TPSA) is 22.1 Å². The molecule has 0 saturated carbocycles. The zero-order valence-corrected chi connectivity index (χ0v) is 7.14. The van der Waals surface area contributed by atoms with E-state index in [0.29, 0.717) is 0 Å². The minimum absolute atomic E-state index is 0.287. The van der Waals surface area contributed by atoms with Crippen LogP contribution in [0.1, 0.15) is 31.1 Å². The predicted octanol–water partition coefficient (Wildman–Crippen LogP) is 2.38. The van der Waals surface area contributed by atoms with Crippen molar-refractivity contribution < 1.29 is 4.74 Å². The summed E-state index contributed by atoms with van der Waals surface area (Å²) >= 11 is 1.64. The number of ether oxygens (including phenoxy) is 1. The maximum atomic E-state index is 5.57. The molecule has 2 rings (SSSR count). The van der Waals surface area contributed by atoms with E-state index in [1.165, 1.54) is 12.8 Å².